The fourth-order valence-corrected chi connectivity index (χ4v) is 2.14. The number of hydrogen-bond donors (Lipinski definition) is 2. The van der Waals surface area contributed by atoms with Crippen molar-refractivity contribution < 1.29 is 4.79 Å². The number of imidazole rings is 1. The normalized spacial score (nSPS) is 12.6. The summed E-state index contributed by atoms with van der Waals surface area (Å²) in [6.07, 6.45) is 1.57. The number of fused-ring (bicyclic) bond motifs is 1. The zero-order valence-corrected chi connectivity index (χ0v) is 11.4. The number of nitrogens with two attached hydrogens (primary N) is 1. The van der Waals surface area contributed by atoms with E-state index in [9.17, 15) is 4.79 Å². The summed E-state index contributed by atoms with van der Waals surface area (Å²) >= 11 is 0. The Hall–Kier alpha value is -1.88. The molecule has 0 fully saturated rings. The molecule has 2 aromatic rings. The van der Waals surface area contributed by atoms with E-state index in [0.29, 0.717) is 12.4 Å². The standard InChI is InChI=1S/C14H20N4O/c1-3-7-10(15)13(19)17-14-16-11-8-5-6-9-12(11)18(14)4-2/h5-6,8-10H,3-4,7,15H2,1-2H3,(H,16,17,19). The van der Waals surface area contributed by atoms with Crippen molar-refractivity contribution in [2.24, 2.45) is 5.73 Å². The topological polar surface area (TPSA) is 72.9 Å². The molecule has 0 bridgehead atoms. The van der Waals surface area contributed by atoms with E-state index in [1.807, 2.05) is 42.7 Å². The SMILES string of the molecule is CCCC(N)C(=O)Nc1nc2ccccc2n1CC. The number of aryl methyl sites for hydroxylation is 1. The van der Waals surface area contributed by atoms with Crippen LogP contribution in [0.25, 0.3) is 11.0 Å². The van der Waals surface area contributed by atoms with Crippen LogP contribution in [0.1, 0.15) is 26.7 Å². The minimum atomic E-state index is -0.477. The number of hydrogen-bond acceptors (Lipinski definition) is 3. The van der Waals surface area contributed by atoms with Crippen molar-refractivity contribution in [3.05, 3.63) is 24.3 Å². The number of para-hydroxylation sites is 2. The number of nitrogens with zero attached hydrogens (tertiary/aromatic N) is 2. The molecule has 1 amide bonds. The highest BCUT2D eigenvalue weighted by molar-refractivity contribution is 5.94. The summed E-state index contributed by atoms with van der Waals surface area (Å²) in [5.41, 5.74) is 7.71. The number of aromatic nitrogens is 2. The van der Waals surface area contributed by atoms with E-state index in [4.69, 9.17) is 5.73 Å². The summed E-state index contributed by atoms with van der Waals surface area (Å²) in [4.78, 5) is 16.4. The molecule has 0 radical (unpaired) electrons. The molecule has 0 saturated heterocycles. The van der Waals surface area contributed by atoms with Gasteiger partial charge in [-0.15, -0.1) is 0 Å². The molecule has 5 heteroatoms. The minimum absolute atomic E-state index is 0.174. The molecule has 2 rings (SSSR count). The van der Waals surface area contributed by atoms with Crippen molar-refractivity contribution >= 4 is 22.9 Å². The fourth-order valence-electron chi connectivity index (χ4n) is 2.14. The number of carbonyl (C=O) groups excluding carboxylic acids is 1. The molecule has 0 aliphatic carbocycles. The van der Waals surface area contributed by atoms with Gasteiger partial charge >= 0.3 is 0 Å². The molecule has 0 saturated carbocycles. The van der Waals surface area contributed by atoms with Gasteiger partial charge in [0.25, 0.3) is 0 Å². The molecule has 1 aromatic carbocycles. The van der Waals surface area contributed by atoms with Gasteiger partial charge in [0, 0.05) is 6.54 Å². The average Bonchev–Trinajstić information content (AvgIpc) is 2.75. The van der Waals surface area contributed by atoms with Crippen LogP contribution >= 0.6 is 0 Å². The van der Waals surface area contributed by atoms with Crippen molar-refractivity contribution in [2.75, 3.05) is 5.32 Å². The van der Waals surface area contributed by atoms with Crippen molar-refractivity contribution in [1.29, 1.82) is 0 Å². The van der Waals surface area contributed by atoms with E-state index >= 15 is 0 Å². The van der Waals surface area contributed by atoms with Crippen LogP contribution in [0.2, 0.25) is 0 Å². The lowest BCUT2D eigenvalue weighted by molar-refractivity contribution is -0.117. The second kappa shape index (κ2) is 5.84. The molecule has 1 unspecified atom stereocenters. The number of benzene rings is 1. The maximum absolute atomic E-state index is 12.0. The van der Waals surface area contributed by atoms with E-state index in [2.05, 4.69) is 10.3 Å². The van der Waals surface area contributed by atoms with Crippen LogP contribution in [0.3, 0.4) is 0 Å². The lowest BCUT2D eigenvalue weighted by Gasteiger charge is -2.11. The lowest BCUT2D eigenvalue weighted by Crippen LogP contribution is -2.36. The minimum Gasteiger partial charge on any atom is -0.320 e. The van der Waals surface area contributed by atoms with E-state index < -0.39 is 6.04 Å². The zero-order valence-electron chi connectivity index (χ0n) is 11.4. The molecule has 0 spiro atoms. The van der Waals surface area contributed by atoms with Gasteiger partial charge in [0.1, 0.15) is 0 Å². The third kappa shape index (κ3) is 2.76. The number of carbonyl (C=O) groups is 1. The highest BCUT2D eigenvalue weighted by Crippen LogP contribution is 2.19. The van der Waals surface area contributed by atoms with Gasteiger partial charge in [0.2, 0.25) is 11.9 Å². The maximum atomic E-state index is 12.0. The Labute approximate surface area is 112 Å². The van der Waals surface area contributed by atoms with Crippen LogP contribution in [0.4, 0.5) is 5.95 Å². The highest BCUT2D eigenvalue weighted by Gasteiger charge is 2.16. The summed E-state index contributed by atoms with van der Waals surface area (Å²) in [7, 11) is 0. The van der Waals surface area contributed by atoms with Gasteiger partial charge in [-0.1, -0.05) is 25.5 Å². The fraction of sp³-hybridized carbons (Fsp3) is 0.429. The molecule has 5 nitrogen and oxygen atoms in total. The van der Waals surface area contributed by atoms with Crippen molar-refractivity contribution in [3.8, 4) is 0 Å². The van der Waals surface area contributed by atoms with Crippen LogP contribution < -0.4 is 11.1 Å². The molecule has 1 heterocycles. The first-order valence-electron chi connectivity index (χ1n) is 6.69. The molecule has 3 N–H and O–H groups in total. The van der Waals surface area contributed by atoms with E-state index in [-0.39, 0.29) is 5.91 Å². The van der Waals surface area contributed by atoms with Gasteiger partial charge in [-0.25, -0.2) is 4.98 Å². The van der Waals surface area contributed by atoms with E-state index in [0.717, 1.165) is 24.0 Å². The Kier molecular flexibility index (Phi) is 4.16. The molecular weight excluding hydrogens is 240 g/mol. The summed E-state index contributed by atoms with van der Waals surface area (Å²) in [6.45, 7) is 4.78. The molecular formula is C14H20N4O. The van der Waals surface area contributed by atoms with Gasteiger partial charge in [-0.05, 0) is 25.5 Å². The third-order valence-electron chi connectivity index (χ3n) is 3.14. The van der Waals surface area contributed by atoms with Crippen LogP contribution in [-0.2, 0) is 11.3 Å². The summed E-state index contributed by atoms with van der Waals surface area (Å²) in [5.74, 6) is 0.395. The summed E-state index contributed by atoms with van der Waals surface area (Å²) in [6, 6.07) is 7.35. The lowest BCUT2D eigenvalue weighted by atomic mass is 10.2. The number of amides is 1. The van der Waals surface area contributed by atoms with Gasteiger partial charge in [-0.3, -0.25) is 10.1 Å². The Bertz CT molecular complexity index is 576. The van der Waals surface area contributed by atoms with Crippen LogP contribution in [0.5, 0.6) is 0 Å². The first-order chi connectivity index (χ1) is 9.17. The van der Waals surface area contributed by atoms with Gasteiger partial charge in [0.15, 0.2) is 0 Å². The van der Waals surface area contributed by atoms with Crippen LogP contribution in [0.15, 0.2) is 24.3 Å². The molecule has 102 valence electrons. The zero-order chi connectivity index (χ0) is 13.8. The third-order valence-corrected chi connectivity index (χ3v) is 3.14. The Morgan fingerprint density at radius 3 is 2.84 bits per heavy atom. The van der Waals surface area contributed by atoms with Gasteiger partial charge < -0.3 is 10.3 Å². The first-order valence-corrected chi connectivity index (χ1v) is 6.69. The monoisotopic (exact) mass is 260 g/mol. The summed E-state index contributed by atoms with van der Waals surface area (Å²) < 4.78 is 1.98. The Morgan fingerprint density at radius 1 is 1.42 bits per heavy atom. The number of rotatable bonds is 5. The Balaban J connectivity index is 2.27. The van der Waals surface area contributed by atoms with Crippen LogP contribution in [0, 0.1) is 0 Å². The molecule has 1 atom stereocenters. The predicted molar refractivity (Wildman–Crippen MR) is 76.9 cm³/mol. The van der Waals surface area contributed by atoms with E-state index in [1.165, 1.54) is 0 Å². The number of anilines is 1. The molecule has 1 aromatic heterocycles. The second-order valence-corrected chi connectivity index (χ2v) is 4.55. The molecule has 0 aliphatic rings. The average molecular weight is 260 g/mol. The maximum Gasteiger partial charge on any atom is 0.243 e. The van der Waals surface area contributed by atoms with Gasteiger partial charge in [-0.2, -0.15) is 0 Å². The predicted octanol–water partition coefficient (Wildman–Crippen LogP) is 2.12. The second-order valence-electron chi connectivity index (χ2n) is 4.55. The van der Waals surface area contributed by atoms with Crippen LogP contribution in [-0.4, -0.2) is 21.5 Å². The molecule has 0 aliphatic heterocycles. The molecule has 19 heavy (non-hydrogen) atoms. The quantitative estimate of drug-likeness (QED) is 0.865. The summed E-state index contributed by atoms with van der Waals surface area (Å²) in [5, 5.41) is 2.82. The first kappa shape index (κ1) is 13.5. The van der Waals surface area contributed by atoms with Crippen molar-refractivity contribution in [3.63, 3.8) is 0 Å². The van der Waals surface area contributed by atoms with Crippen molar-refractivity contribution in [1.82, 2.24) is 9.55 Å². The highest BCUT2D eigenvalue weighted by atomic mass is 16.2. The van der Waals surface area contributed by atoms with Gasteiger partial charge in [0.05, 0.1) is 17.1 Å². The number of nitrogens with one attached hydrogen (secondary N) is 1. The van der Waals surface area contributed by atoms with Crippen molar-refractivity contribution in [2.45, 2.75) is 39.3 Å². The Morgan fingerprint density at radius 2 is 2.16 bits per heavy atom. The van der Waals surface area contributed by atoms with E-state index in [1.54, 1.807) is 0 Å². The largest absolute Gasteiger partial charge is 0.320 e. The smallest absolute Gasteiger partial charge is 0.243 e.